The predicted molar refractivity (Wildman–Crippen MR) is 45.2 cm³/mol. The van der Waals surface area contributed by atoms with Crippen molar-refractivity contribution in [3.8, 4) is 0 Å². The maximum absolute atomic E-state index is 4.02. The molecule has 11 heavy (non-hydrogen) atoms. The predicted octanol–water partition coefficient (Wildman–Crippen LogP) is 1.76. The molecule has 1 saturated carbocycles. The molecule has 1 aliphatic carbocycles. The lowest BCUT2D eigenvalue weighted by Gasteiger charge is -1.97. The Morgan fingerprint density at radius 1 is 1.64 bits per heavy atom. The molecule has 0 N–H and O–H groups in total. The highest BCUT2D eigenvalue weighted by Crippen LogP contribution is 2.31. The summed E-state index contributed by atoms with van der Waals surface area (Å²) in [4.78, 5) is 0. The normalized spacial score (nSPS) is 17.3. The van der Waals surface area contributed by atoms with Crippen LogP contribution < -0.4 is 0 Å². The smallest absolute Gasteiger partial charge is 0.127 e. The molecule has 0 radical (unpaired) electrons. The van der Waals surface area contributed by atoms with Crippen LogP contribution in [0, 0.1) is 12.8 Å². The van der Waals surface area contributed by atoms with Crippen molar-refractivity contribution >= 4 is 15.9 Å². The molecule has 4 heteroatoms. The Balaban J connectivity index is 2.15. The van der Waals surface area contributed by atoms with E-state index >= 15 is 0 Å². The number of nitrogens with zero attached hydrogens (tertiary/aromatic N) is 3. The first-order chi connectivity index (χ1) is 5.27. The molecule has 0 aromatic carbocycles. The van der Waals surface area contributed by atoms with Crippen LogP contribution in [0.5, 0.6) is 0 Å². The molecule has 1 heterocycles. The largest absolute Gasteiger partial charge is 0.238 e. The summed E-state index contributed by atoms with van der Waals surface area (Å²) in [7, 11) is 0. The number of hydrogen-bond donors (Lipinski definition) is 0. The summed E-state index contributed by atoms with van der Waals surface area (Å²) in [6, 6.07) is 0. The Kier molecular flexibility index (Phi) is 1.71. The standard InChI is InChI=1S/C7H10BrN3/c1-5-7(8)11(10-9-5)4-6-2-3-6/h6H,2-4H2,1H3. The number of aryl methyl sites for hydroxylation is 1. The second kappa shape index (κ2) is 2.59. The monoisotopic (exact) mass is 215 g/mol. The van der Waals surface area contributed by atoms with Gasteiger partial charge in [-0.1, -0.05) is 5.21 Å². The average Bonchev–Trinajstić information content (AvgIpc) is 2.74. The Labute approximate surface area is 73.9 Å². The quantitative estimate of drug-likeness (QED) is 0.754. The van der Waals surface area contributed by atoms with Crippen LogP contribution >= 0.6 is 15.9 Å². The fraction of sp³-hybridized carbons (Fsp3) is 0.714. The molecule has 1 fully saturated rings. The molecular weight excluding hydrogens is 206 g/mol. The van der Waals surface area contributed by atoms with Gasteiger partial charge in [-0.25, -0.2) is 4.68 Å². The average molecular weight is 216 g/mol. The van der Waals surface area contributed by atoms with Gasteiger partial charge in [-0.05, 0) is 41.6 Å². The third kappa shape index (κ3) is 1.45. The van der Waals surface area contributed by atoms with Gasteiger partial charge in [0.1, 0.15) is 4.60 Å². The van der Waals surface area contributed by atoms with Gasteiger partial charge in [-0.2, -0.15) is 0 Å². The van der Waals surface area contributed by atoms with Crippen molar-refractivity contribution in [2.24, 2.45) is 5.92 Å². The van der Waals surface area contributed by atoms with Gasteiger partial charge in [-0.3, -0.25) is 0 Å². The summed E-state index contributed by atoms with van der Waals surface area (Å²) in [6.45, 7) is 2.99. The fourth-order valence-corrected chi connectivity index (χ4v) is 1.35. The second-order valence-corrected chi connectivity index (χ2v) is 3.84. The van der Waals surface area contributed by atoms with Gasteiger partial charge in [0.2, 0.25) is 0 Å². The lowest BCUT2D eigenvalue weighted by atomic mass is 10.4. The fourth-order valence-electron chi connectivity index (χ4n) is 1.05. The van der Waals surface area contributed by atoms with Gasteiger partial charge >= 0.3 is 0 Å². The first-order valence-corrected chi connectivity index (χ1v) is 4.62. The van der Waals surface area contributed by atoms with E-state index in [1.54, 1.807) is 0 Å². The summed E-state index contributed by atoms with van der Waals surface area (Å²) >= 11 is 3.44. The Bertz CT molecular complexity index is 265. The van der Waals surface area contributed by atoms with Gasteiger partial charge < -0.3 is 0 Å². The van der Waals surface area contributed by atoms with Crippen LogP contribution in [0.25, 0.3) is 0 Å². The van der Waals surface area contributed by atoms with Crippen LogP contribution in [0.4, 0.5) is 0 Å². The zero-order chi connectivity index (χ0) is 7.84. The third-order valence-corrected chi connectivity index (χ3v) is 2.94. The molecule has 0 saturated heterocycles. The van der Waals surface area contributed by atoms with E-state index in [1.165, 1.54) is 12.8 Å². The highest BCUT2D eigenvalue weighted by Gasteiger charge is 2.23. The lowest BCUT2D eigenvalue weighted by molar-refractivity contribution is 0.535. The van der Waals surface area contributed by atoms with E-state index < -0.39 is 0 Å². The zero-order valence-electron chi connectivity index (χ0n) is 6.42. The molecule has 1 aromatic heterocycles. The van der Waals surface area contributed by atoms with Crippen molar-refractivity contribution in [3.63, 3.8) is 0 Å². The Hall–Kier alpha value is -0.380. The van der Waals surface area contributed by atoms with Gasteiger partial charge in [0, 0.05) is 6.54 Å². The summed E-state index contributed by atoms with van der Waals surface area (Å²) < 4.78 is 2.97. The molecule has 0 amide bonds. The maximum Gasteiger partial charge on any atom is 0.127 e. The van der Waals surface area contributed by atoms with E-state index in [0.29, 0.717) is 0 Å². The van der Waals surface area contributed by atoms with E-state index in [1.807, 2.05) is 11.6 Å². The first kappa shape index (κ1) is 7.28. The second-order valence-electron chi connectivity index (χ2n) is 3.09. The zero-order valence-corrected chi connectivity index (χ0v) is 8.00. The van der Waals surface area contributed by atoms with Crippen molar-refractivity contribution < 1.29 is 0 Å². The molecule has 0 unspecified atom stereocenters. The third-order valence-electron chi connectivity index (χ3n) is 1.96. The molecule has 1 aliphatic rings. The Morgan fingerprint density at radius 3 is 2.82 bits per heavy atom. The van der Waals surface area contributed by atoms with Crippen molar-refractivity contribution in [3.05, 3.63) is 10.3 Å². The molecule has 1 aromatic rings. The van der Waals surface area contributed by atoms with Gasteiger partial charge in [0.25, 0.3) is 0 Å². The van der Waals surface area contributed by atoms with Crippen molar-refractivity contribution in [1.82, 2.24) is 15.0 Å². The van der Waals surface area contributed by atoms with Crippen LogP contribution in [-0.4, -0.2) is 15.0 Å². The SMILES string of the molecule is Cc1nnn(CC2CC2)c1Br. The molecule has 0 atom stereocenters. The maximum atomic E-state index is 4.02. The van der Waals surface area contributed by atoms with Crippen LogP contribution in [0.1, 0.15) is 18.5 Å². The molecule has 0 aliphatic heterocycles. The topological polar surface area (TPSA) is 30.7 Å². The summed E-state index contributed by atoms with van der Waals surface area (Å²) in [6.07, 6.45) is 2.71. The van der Waals surface area contributed by atoms with Crippen LogP contribution in [0.15, 0.2) is 4.60 Å². The van der Waals surface area contributed by atoms with E-state index in [4.69, 9.17) is 0 Å². The van der Waals surface area contributed by atoms with Crippen LogP contribution in [-0.2, 0) is 6.54 Å². The summed E-state index contributed by atoms with van der Waals surface area (Å²) in [5.74, 6) is 0.854. The highest BCUT2D eigenvalue weighted by molar-refractivity contribution is 9.10. The first-order valence-electron chi connectivity index (χ1n) is 3.83. The number of rotatable bonds is 2. The highest BCUT2D eigenvalue weighted by atomic mass is 79.9. The summed E-state index contributed by atoms with van der Waals surface area (Å²) in [5.41, 5.74) is 0.977. The number of halogens is 1. The van der Waals surface area contributed by atoms with Crippen LogP contribution in [0.3, 0.4) is 0 Å². The minimum atomic E-state index is 0.854. The molecule has 3 nitrogen and oxygen atoms in total. The summed E-state index contributed by atoms with van der Waals surface area (Å²) in [5, 5.41) is 7.98. The van der Waals surface area contributed by atoms with Crippen LogP contribution in [0.2, 0.25) is 0 Å². The van der Waals surface area contributed by atoms with Gasteiger partial charge in [0.15, 0.2) is 0 Å². The van der Waals surface area contributed by atoms with E-state index in [2.05, 4.69) is 26.2 Å². The van der Waals surface area contributed by atoms with Gasteiger partial charge in [-0.15, -0.1) is 5.10 Å². The lowest BCUT2D eigenvalue weighted by Crippen LogP contribution is -2.01. The van der Waals surface area contributed by atoms with E-state index in [-0.39, 0.29) is 0 Å². The number of aromatic nitrogens is 3. The Morgan fingerprint density at radius 2 is 2.36 bits per heavy atom. The van der Waals surface area contributed by atoms with Crippen molar-refractivity contribution in [2.75, 3.05) is 0 Å². The molecule has 0 spiro atoms. The minimum absolute atomic E-state index is 0.854. The molecular formula is C7H10BrN3. The number of hydrogen-bond acceptors (Lipinski definition) is 2. The van der Waals surface area contributed by atoms with E-state index in [0.717, 1.165) is 22.8 Å². The minimum Gasteiger partial charge on any atom is -0.238 e. The van der Waals surface area contributed by atoms with E-state index in [9.17, 15) is 0 Å². The molecule has 60 valence electrons. The van der Waals surface area contributed by atoms with Gasteiger partial charge in [0.05, 0.1) is 5.69 Å². The molecule has 2 rings (SSSR count). The van der Waals surface area contributed by atoms with Crippen molar-refractivity contribution in [1.29, 1.82) is 0 Å². The van der Waals surface area contributed by atoms with Crippen molar-refractivity contribution in [2.45, 2.75) is 26.3 Å². The molecule has 0 bridgehead atoms.